The van der Waals surface area contributed by atoms with Gasteiger partial charge >= 0.3 is 0 Å². The topological polar surface area (TPSA) is 64.3 Å². The van der Waals surface area contributed by atoms with E-state index >= 15 is 0 Å². The van der Waals surface area contributed by atoms with Crippen molar-refractivity contribution in [3.05, 3.63) is 28.7 Å². The van der Waals surface area contributed by atoms with Gasteiger partial charge in [0, 0.05) is 18.5 Å². The molecule has 1 aromatic carbocycles. The third kappa shape index (κ3) is 7.47. The molecule has 4 nitrogen and oxygen atoms in total. The van der Waals surface area contributed by atoms with E-state index in [9.17, 15) is 4.79 Å². The van der Waals surface area contributed by atoms with Crippen LogP contribution >= 0.6 is 28.3 Å². The minimum Gasteiger partial charge on any atom is -0.492 e. The Labute approximate surface area is 147 Å². The molecule has 0 aromatic heterocycles. The Morgan fingerprint density at radius 2 is 1.95 bits per heavy atom. The van der Waals surface area contributed by atoms with Crippen molar-refractivity contribution in [2.24, 2.45) is 5.73 Å². The van der Waals surface area contributed by atoms with Crippen LogP contribution in [-0.4, -0.2) is 24.6 Å². The van der Waals surface area contributed by atoms with E-state index < -0.39 is 0 Å². The van der Waals surface area contributed by atoms with E-state index in [-0.39, 0.29) is 23.9 Å². The number of rotatable bonds is 9. The molecule has 0 fully saturated rings. The molecule has 0 unspecified atom stereocenters. The van der Waals surface area contributed by atoms with E-state index in [4.69, 9.17) is 10.5 Å². The van der Waals surface area contributed by atoms with Crippen LogP contribution in [0.3, 0.4) is 0 Å². The summed E-state index contributed by atoms with van der Waals surface area (Å²) in [5, 5.41) is 2.91. The predicted molar refractivity (Wildman–Crippen MR) is 96.6 cm³/mol. The Balaban J connectivity index is 0.00000441. The van der Waals surface area contributed by atoms with E-state index in [0.717, 1.165) is 23.1 Å². The third-order valence-electron chi connectivity index (χ3n) is 3.69. The van der Waals surface area contributed by atoms with Crippen molar-refractivity contribution in [3.8, 4) is 5.75 Å². The van der Waals surface area contributed by atoms with Gasteiger partial charge in [0.1, 0.15) is 5.75 Å². The largest absolute Gasteiger partial charge is 0.492 e. The van der Waals surface area contributed by atoms with Crippen LogP contribution in [0, 0.1) is 0 Å². The number of nitrogens with one attached hydrogen (secondary N) is 1. The molecule has 6 heteroatoms. The van der Waals surface area contributed by atoms with E-state index in [1.54, 1.807) is 0 Å². The number of carbonyl (C=O) groups is 1. The zero-order valence-electron chi connectivity index (χ0n) is 13.2. The van der Waals surface area contributed by atoms with Crippen molar-refractivity contribution < 1.29 is 9.53 Å². The normalized spacial score (nSPS) is 10.7. The quantitative estimate of drug-likeness (QED) is 0.629. The van der Waals surface area contributed by atoms with Crippen LogP contribution in [0.4, 0.5) is 0 Å². The first-order valence-corrected chi connectivity index (χ1v) is 8.23. The van der Waals surface area contributed by atoms with Gasteiger partial charge in [0.15, 0.2) is 0 Å². The summed E-state index contributed by atoms with van der Waals surface area (Å²) in [5.41, 5.74) is 5.86. The van der Waals surface area contributed by atoms with Gasteiger partial charge in [-0.15, -0.1) is 12.4 Å². The maximum absolute atomic E-state index is 11.8. The lowest BCUT2D eigenvalue weighted by Crippen LogP contribution is -2.49. The summed E-state index contributed by atoms with van der Waals surface area (Å²) in [6, 6.07) is 7.68. The highest BCUT2D eigenvalue weighted by Gasteiger charge is 2.20. The standard InChI is InChI=1S/C16H25BrN2O2.ClH/c1-3-16(18,4-2)12-19-15(20)10-7-11-21-14-9-6-5-8-13(14)17;/h5-6,8-9H,3-4,7,10-12,18H2,1-2H3,(H,19,20);1H. The molecule has 126 valence electrons. The van der Waals surface area contributed by atoms with Crippen molar-refractivity contribution in [2.45, 2.75) is 45.1 Å². The maximum Gasteiger partial charge on any atom is 0.220 e. The van der Waals surface area contributed by atoms with Gasteiger partial charge in [-0.2, -0.15) is 0 Å². The molecule has 0 radical (unpaired) electrons. The first kappa shape index (κ1) is 21.2. The summed E-state index contributed by atoms with van der Waals surface area (Å²) in [4.78, 5) is 11.8. The average Bonchev–Trinajstić information content (AvgIpc) is 2.51. The Kier molecular flexibility index (Phi) is 10.5. The number of halogens is 2. The lowest BCUT2D eigenvalue weighted by atomic mass is 9.94. The number of ether oxygens (including phenoxy) is 1. The van der Waals surface area contributed by atoms with Crippen LogP contribution in [0.5, 0.6) is 5.75 Å². The van der Waals surface area contributed by atoms with Gasteiger partial charge in [-0.1, -0.05) is 26.0 Å². The Hall–Kier alpha value is -0.780. The molecule has 0 bridgehead atoms. The lowest BCUT2D eigenvalue weighted by molar-refractivity contribution is -0.121. The molecule has 3 N–H and O–H groups in total. The predicted octanol–water partition coefficient (Wildman–Crippen LogP) is 3.66. The van der Waals surface area contributed by atoms with Crippen LogP contribution in [0.2, 0.25) is 0 Å². The smallest absolute Gasteiger partial charge is 0.220 e. The number of benzene rings is 1. The summed E-state index contributed by atoms with van der Waals surface area (Å²) < 4.78 is 6.55. The molecule has 0 aliphatic carbocycles. The van der Waals surface area contributed by atoms with Crippen molar-refractivity contribution in [3.63, 3.8) is 0 Å². The Morgan fingerprint density at radius 1 is 1.32 bits per heavy atom. The number of hydrogen-bond acceptors (Lipinski definition) is 3. The number of amides is 1. The second-order valence-corrected chi connectivity index (χ2v) is 6.08. The molecule has 0 aliphatic heterocycles. The summed E-state index contributed by atoms with van der Waals surface area (Å²) in [6.45, 7) is 5.14. The second-order valence-electron chi connectivity index (χ2n) is 5.23. The molecular formula is C16H26BrClN2O2. The van der Waals surface area contributed by atoms with Crippen LogP contribution in [0.1, 0.15) is 39.5 Å². The summed E-state index contributed by atoms with van der Waals surface area (Å²) in [6.07, 6.45) is 2.85. The zero-order valence-corrected chi connectivity index (χ0v) is 15.6. The molecule has 22 heavy (non-hydrogen) atoms. The highest BCUT2D eigenvalue weighted by molar-refractivity contribution is 9.10. The van der Waals surface area contributed by atoms with Crippen LogP contribution < -0.4 is 15.8 Å². The van der Waals surface area contributed by atoms with Gasteiger partial charge < -0.3 is 15.8 Å². The van der Waals surface area contributed by atoms with Crippen molar-refractivity contribution in [2.75, 3.05) is 13.2 Å². The molecular weight excluding hydrogens is 368 g/mol. The summed E-state index contributed by atoms with van der Waals surface area (Å²) >= 11 is 3.42. The minimum atomic E-state index is -0.291. The number of hydrogen-bond donors (Lipinski definition) is 2. The fraction of sp³-hybridized carbons (Fsp3) is 0.562. The first-order valence-electron chi connectivity index (χ1n) is 7.43. The van der Waals surface area contributed by atoms with Crippen LogP contribution in [0.15, 0.2) is 28.7 Å². The van der Waals surface area contributed by atoms with Gasteiger partial charge in [-0.05, 0) is 47.3 Å². The molecule has 0 aliphatic rings. The Bertz CT molecular complexity index is 454. The van der Waals surface area contributed by atoms with Crippen LogP contribution in [-0.2, 0) is 4.79 Å². The molecule has 1 rings (SSSR count). The fourth-order valence-corrected chi connectivity index (χ4v) is 2.24. The van der Waals surface area contributed by atoms with Gasteiger partial charge in [0.25, 0.3) is 0 Å². The SMILES string of the molecule is CCC(N)(CC)CNC(=O)CCCOc1ccccc1Br.Cl. The van der Waals surface area contributed by atoms with Gasteiger partial charge in [0.2, 0.25) is 5.91 Å². The Morgan fingerprint density at radius 3 is 2.55 bits per heavy atom. The maximum atomic E-state index is 11.8. The molecule has 1 aromatic rings. The molecule has 0 spiro atoms. The molecule has 0 heterocycles. The lowest BCUT2D eigenvalue weighted by Gasteiger charge is -2.26. The summed E-state index contributed by atoms with van der Waals surface area (Å²) in [5.74, 6) is 0.832. The second kappa shape index (κ2) is 10.9. The number of para-hydroxylation sites is 1. The fourth-order valence-electron chi connectivity index (χ4n) is 1.84. The monoisotopic (exact) mass is 392 g/mol. The van der Waals surface area contributed by atoms with Gasteiger partial charge in [-0.3, -0.25) is 4.79 Å². The molecule has 0 atom stereocenters. The van der Waals surface area contributed by atoms with E-state index in [1.165, 1.54) is 0 Å². The highest BCUT2D eigenvalue weighted by atomic mass is 79.9. The van der Waals surface area contributed by atoms with Crippen LogP contribution in [0.25, 0.3) is 0 Å². The van der Waals surface area contributed by atoms with Crippen molar-refractivity contribution in [1.29, 1.82) is 0 Å². The van der Waals surface area contributed by atoms with E-state index in [2.05, 4.69) is 21.2 Å². The summed E-state index contributed by atoms with van der Waals surface area (Å²) in [7, 11) is 0. The molecule has 1 amide bonds. The van der Waals surface area contributed by atoms with Gasteiger partial charge in [0.05, 0.1) is 11.1 Å². The zero-order chi connectivity index (χ0) is 15.7. The third-order valence-corrected chi connectivity index (χ3v) is 4.34. The minimum absolute atomic E-state index is 0. The average molecular weight is 394 g/mol. The van der Waals surface area contributed by atoms with Gasteiger partial charge in [-0.25, -0.2) is 0 Å². The van der Waals surface area contributed by atoms with Crippen molar-refractivity contribution in [1.82, 2.24) is 5.32 Å². The molecule has 0 saturated heterocycles. The number of carbonyl (C=O) groups excluding carboxylic acids is 1. The first-order chi connectivity index (χ1) is 10.0. The van der Waals surface area contributed by atoms with E-state index in [1.807, 2.05) is 38.1 Å². The highest BCUT2D eigenvalue weighted by Crippen LogP contribution is 2.23. The van der Waals surface area contributed by atoms with Crippen molar-refractivity contribution >= 4 is 34.2 Å². The molecule has 0 saturated carbocycles. The number of nitrogens with two attached hydrogens (primary N) is 1. The van der Waals surface area contributed by atoms with E-state index in [0.29, 0.717) is 26.0 Å².